The van der Waals surface area contributed by atoms with Gasteiger partial charge in [0.15, 0.2) is 0 Å². The molecule has 0 saturated carbocycles. The van der Waals surface area contributed by atoms with E-state index in [-0.39, 0.29) is 6.42 Å². The Balaban J connectivity index is 2.81. The van der Waals surface area contributed by atoms with Gasteiger partial charge in [0.25, 0.3) is 0 Å². The summed E-state index contributed by atoms with van der Waals surface area (Å²) in [6.45, 7) is 3.62. The molecule has 17 heavy (non-hydrogen) atoms. The van der Waals surface area contributed by atoms with Crippen LogP contribution in [-0.2, 0) is 15.7 Å². The SMILES string of the molecule is C=C(CC(=O)OC)c1ccc(C(F)(F)F)cc1. The van der Waals surface area contributed by atoms with Crippen molar-refractivity contribution in [2.75, 3.05) is 7.11 Å². The van der Waals surface area contributed by atoms with Gasteiger partial charge in [0.05, 0.1) is 19.1 Å². The lowest BCUT2D eigenvalue weighted by Crippen LogP contribution is -2.05. The van der Waals surface area contributed by atoms with E-state index in [0.29, 0.717) is 11.1 Å². The summed E-state index contributed by atoms with van der Waals surface area (Å²) in [7, 11) is 1.24. The number of ether oxygens (including phenoxy) is 1. The molecule has 5 heteroatoms. The van der Waals surface area contributed by atoms with Crippen molar-refractivity contribution in [1.29, 1.82) is 0 Å². The third-order valence-electron chi connectivity index (χ3n) is 2.21. The summed E-state index contributed by atoms with van der Waals surface area (Å²) < 4.78 is 41.3. The second kappa shape index (κ2) is 5.03. The first kappa shape index (κ1) is 13.3. The maximum Gasteiger partial charge on any atom is 0.416 e. The first-order valence-corrected chi connectivity index (χ1v) is 4.77. The Hall–Kier alpha value is -1.78. The minimum atomic E-state index is -4.36. The van der Waals surface area contributed by atoms with Crippen LogP contribution in [0.2, 0.25) is 0 Å². The molecular weight excluding hydrogens is 233 g/mol. The third kappa shape index (κ3) is 3.62. The second-order valence-corrected chi connectivity index (χ2v) is 3.43. The van der Waals surface area contributed by atoms with Gasteiger partial charge in [-0.2, -0.15) is 13.2 Å². The molecule has 0 amide bonds. The van der Waals surface area contributed by atoms with E-state index in [1.807, 2.05) is 0 Å². The fourth-order valence-corrected chi connectivity index (χ4v) is 1.24. The molecule has 0 heterocycles. The van der Waals surface area contributed by atoms with Crippen LogP contribution in [0.5, 0.6) is 0 Å². The second-order valence-electron chi connectivity index (χ2n) is 3.43. The summed E-state index contributed by atoms with van der Waals surface area (Å²) in [4.78, 5) is 11.0. The van der Waals surface area contributed by atoms with Crippen LogP contribution in [0.25, 0.3) is 5.57 Å². The summed E-state index contributed by atoms with van der Waals surface area (Å²) in [6.07, 6.45) is -4.40. The Morgan fingerprint density at radius 1 is 1.29 bits per heavy atom. The van der Waals surface area contributed by atoms with Gasteiger partial charge < -0.3 is 4.74 Å². The van der Waals surface area contributed by atoms with Crippen LogP contribution in [0.1, 0.15) is 17.5 Å². The van der Waals surface area contributed by atoms with Crippen molar-refractivity contribution in [2.45, 2.75) is 12.6 Å². The van der Waals surface area contributed by atoms with Crippen molar-refractivity contribution >= 4 is 11.5 Å². The molecular formula is C12H11F3O2. The van der Waals surface area contributed by atoms with Crippen LogP contribution in [-0.4, -0.2) is 13.1 Å². The Labute approximate surface area is 96.7 Å². The monoisotopic (exact) mass is 244 g/mol. The van der Waals surface area contributed by atoms with E-state index < -0.39 is 17.7 Å². The summed E-state index contributed by atoms with van der Waals surface area (Å²) >= 11 is 0. The zero-order valence-corrected chi connectivity index (χ0v) is 9.17. The summed E-state index contributed by atoms with van der Waals surface area (Å²) in [5, 5.41) is 0. The maximum atomic E-state index is 12.3. The molecule has 2 nitrogen and oxygen atoms in total. The van der Waals surface area contributed by atoms with Gasteiger partial charge in [-0.05, 0) is 23.3 Å². The molecule has 0 aliphatic carbocycles. The molecule has 0 spiro atoms. The number of hydrogen-bond donors (Lipinski definition) is 0. The highest BCUT2D eigenvalue weighted by Gasteiger charge is 2.29. The average Bonchev–Trinajstić information content (AvgIpc) is 2.27. The number of carbonyl (C=O) groups excluding carboxylic acids is 1. The largest absolute Gasteiger partial charge is 0.469 e. The van der Waals surface area contributed by atoms with E-state index in [9.17, 15) is 18.0 Å². The topological polar surface area (TPSA) is 26.3 Å². The highest BCUT2D eigenvalue weighted by Crippen LogP contribution is 2.30. The lowest BCUT2D eigenvalue weighted by Gasteiger charge is -2.08. The van der Waals surface area contributed by atoms with E-state index in [2.05, 4.69) is 11.3 Å². The zero-order chi connectivity index (χ0) is 13.1. The van der Waals surface area contributed by atoms with E-state index in [1.165, 1.54) is 19.2 Å². The Morgan fingerprint density at radius 3 is 2.24 bits per heavy atom. The lowest BCUT2D eigenvalue weighted by molar-refractivity contribution is -0.139. The van der Waals surface area contributed by atoms with Gasteiger partial charge >= 0.3 is 12.1 Å². The van der Waals surface area contributed by atoms with Crippen molar-refractivity contribution in [3.63, 3.8) is 0 Å². The van der Waals surface area contributed by atoms with E-state index in [0.717, 1.165) is 12.1 Å². The molecule has 0 atom stereocenters. The molecule has 1 aromatic carbocycles. The molecule has 0 radical (unpaired) electrons. The normalized spacial score (nSPS) is 11.1. The van der Waals surface area contributed by atoms with Crippen LogP contribution in [0.15, 0.2) is 30.8 Å². The maximum absolute atomic E-state index is 12.3. The van der Waals surface area contributed by atoms with Gasteiger partial charge in [-0.1, -0.05) is 18.7 Å². The minimum Gasteiger partial charge on any atom is -0.469 e. The minimum absolute atomic E-state index is 0.0398. The number of rotatable bonds is 3. The molecule has 0 bridgehead atoms. The molecule has 0 fully saturated rings. The van der Waals surface area contributed by atoms with E-state index >= 15 is 0 Å². The van der Waals surface area contributed by atoms with Crippen molar-refractivity contribution in [2.24, 2.45) is 0 Å². The Kier molecular flexibility index (Phi) is 3.93. The van der Waals surface area contributed by atoms with E-state index in [4.69, 9.17) is 0 Å². The zero-order valence-electron chi connectivity index (χ0n) is 9.17. The van der Waals surface area contributed by atoms with Crippen LogP contribution >= 0.6 is 0 Å². The number of hydrogen-bond acceptors (Lipinski definition) is 2. The summed E-state index contributed by atoms with van der Waals surface area (Å²) in [5.41, 5.74) is 0.182. The van der Waals surface area contributed by atoms with Crippen LogP contribution in [0.3, 0.4) is 0 Å². The highest BCUT2D eigenvalue weighted by atomic mass is 19.4. The Morgan fingerprint density at radius 2 is 1.82 bits per heavy atom. The highest BCUT2D eigenvalue weighted by molar-refractivity contribution is 5.84. The molecule has 0 aliphatic heterocycles. The standard InChI is InChI=1S/C12H11F3O2/c1-8(7-11(16)17-2)9-3-5-10(6-4-9)12(13,14)15/h3-6H,1,7H2,2H3. The Bertz CT molecular complexity index is 418. The molecule has 92 valence electrons. The third-order valence-corrected chi connectivity index (χ3v) is 2.21. The number of carbonyl (C=O) groups is 1. The van der Waals surface area contributed by atoms with Gasteiger partial charge in [0.2, 0.25) is 0 Å². The van der Waals surface area contributed by atoms with Gasteiger partial charge in [-0.3, -0.25) is 4.79 Å². The van der Waals surface area contributed by atoms with Gasteiger partial charge in [-0.15, -0.1) is 0 Å². The summed E-state index contributed by atoms with van der Waals surface area (Å²) in [5.74, 6) is -0.477. The quantitative estimate of drug-likeness (QED) is 0.763. The van der Waals surface area contributed by atoms with Gasteiger partial charge in [0, 0.05) is 0 Å². The fraction of sp³-hybridized carbons (Fsp3) is 0.250. The summed E-state index contributed by atoms with van der Waals surface area (Å²) in [6, 6.07) is 4.48. The molecule has 1 aromatic rings. The van der Waals surface area contributed by atoms with Crippen molar-refractivity contribution < 1.29 is 22.7 Å². The van der Waals surface area contributed by atoms with Crippen LogP contribution < -0.4 is 0 Å². The number of methoxy groups -OCH3 is 1. The first-order chi connectivity index (χ1) is 7.84. The predicted molar refractivity (Wildman–Crippen MR) is 57.1 cm³/mol. The number of alkyl halides is 3. The van der Waals surface area contributed by atoms with Crippen LogP contribution in [0, 0.1) is 0 Å². The fourth-order valence-electron chi connectivity index (χ4n) is 1.24. The van der Waals surface area contributed by atoms with Crippen LogP contribution in [0.4, 0.5) is 13.2 Å². The lowest BCUT2D eigenvalue weighted by atomic mass is 10.0. The number of esters is 1. The van der Waals surface area contributed by atoms with Gasteiger partial charge in [-0.25, -0.2) is 0 Å². The first-order valence-electron chi connectivity index (χ1n) is 4.77. The molecule has 0 N–H and O–H groups in total. The number of halogens is 3. The molecule has 0 saturated heterocycles. The van der Waals surface area contributed by atoms with Crippen molar-refractivity contribution in [3.05, 3.63) is 42.0 Å². The molecule has 0 aromatic heterocycles. The van der Waals surface area contributed by atoms with E-state index in [1.54, 1.807) is 0 Å². The molecule has 1 rings (SSSR count). The molecule has 0 aliphatic rings. The number of benzene rings is 1. The average molecular weight is 244 g/mol. The molecule has 0 unspecified atom stereocenters. The van der Waals surface area contributed by atoms with Crippen molar-refractivity contribution in [1.82, 2.24) is 0 Å². The smallest absolute Gasteiger partial charge is 0.416 e. The van der Waals surface area contributed by atoms with Crippen molar-refractivity contribution in [3.8, 4) is 0 Å². The predicted octanol–water partition coefficient (Wildman–Crippen LogP) is 3.28. The van der Waals surface area contributed by atoms with Gasteiger partial charge in [0.1, 0.15) is 0 Å².